The molecule has 0 radical (unpaired) electrons. The van der Waals surface area contributed by atoms with Crippen molar-refractivity contribution in [2.75, 3.05) is 5.32 Å². The first kappa shape index (κ1) is 13.6. The minimum absolute atomic E-state index is 0.000798. The molecule has 0 saturated heterocycles. The molecule has 8 nitrogen and oxygen atoms in total. The third-order valence-corrected chi connectivity index (χ3v) is 2.87. The van der Waals surface area contributed by atoms with Crippen molar-refractivity contribution in [1.82, 2.24) is 10.2 Å². The normalized spacial score (nSPS) is 10.4. The van der Waals surface area contributed by atoms with Crippen LogP contribution in [0.15, 0.2) is 52.9 Å². The van der Waals surface area contributed by atoms with Crippen LogP contribution < -0.4 is 5.32 Å². The summed E-state index contributed by atoms with van der Waals surface area (Å²) < 4.78 is 5.44. The van der Waals surface area contributed by atoms with Crippen LogP contribution in [-0.2, 0) is 0 Å². The van der Waals surface area contributed by atoms with Crippen LogP contribution >= 0.6 is 0 Å². The summed E-state index contributed by atoms with van der Waals surface area (Å²) in [6.45, 7) is 0. The van der Waals surface area contributed by atoms with Crippen LogP contribution in [0.25, 0.3) is 11.5 Å². The van der Waals surface area contributed by atoms with E-state index in [1.165, 1.54) is 24.3 Å². The van der Waals surface area contributed by atoms with E-state index in [1.54, 1.807) is 24.3 Å². The number of hydrogen-bond acceptors (Lipinski definition) is 7. The van der Waals surface area contributed by atoms with Crippen LogP contribution in [0.3, 0.4) is 0 Å². The number of hydrogen-bond donors (Lipinski definition) is 2. The molecule has 110 valence electrons. The number of aromatic hydroxyl groups is 1. The van der Waals surface area contributed by atoms with Gasteiger partial charge in [0.1, 0.15) is 5.75 Å². The van der Waals surface area contributed by atoms with E-state index < -0.39 is 4.92 Å². The predicted molar refractivity (Wildman–Crippen MR) is 77.8 cm³/mol. The molecule has 1 aromatic heterocycles. The first-order valence-electron chi connectivity index (χ1n) is 6.26. The number of non-ortho nitro benzene ring substituents is 1. The molecule has 22 heavy (non-hydrogen) atoms. The maximum atomic E-state index is 10.6. The smallest absolute Gasteiger partial charge is 0.320 e. The lowest BCUT2D eigenvalue weighted by atomic mass is 10.2. The van der Waals surface area contributed by atoms with Crippen molar-refractivity contribution in [3.05, 3.63) is 58.6 Å². The molecule has 0 unspecified atom stereocenters. The van der Waals surface area contributed by atoms with Gasteiger partial charge in [-0.15, -0.1) is 5.10 Å². The number of nitro groups is 1. The third kappa shape index (κ3) is 2.85. The van der Waals surface area contributed by atoms with Gasteiger partial charge in [-0.2, -0.15) is 0 Å². The fourth-order valence-corrected chi connectivity index (χ4v) is 1.78. The van der Waals surface area contributed by atoms with Crippen molar-refractivity contribution < 1.29 is 14.4 Å². The number of nitrogens with one attached hydrogen (secondary N) is 1. The zero-order valence-corrected chi connectivity index (χ0v) is 11.1. The summed E-state index contributed by atoms with van der Waals surface area (Å²) in [5, 5.41) is 30.4. The van der Waals surface area contributed by atoms with Gasteiger partial charge < -0.3 is 14.8 Å². The highest BCUT2D eigenvalue weighted by molar-refractivity contribution is 5.58. The Hall–Kier alpha value is -3.42. The van der Waals surface area contributed by atoms with E-state index in [1.807, 2.05) is 0 Å². The summed E-state index contributed by atoms with van der Waals surface area (Å²) in [6, 6.07) is 12.3. The van der Waals surface area contributed by atoms with Gasteiger partial charge in [-0.25, -0.2) is 0 Å². The average Bonchev–Trinajstić information content (AvgIpc) is 2.97. The average molecular weight is 298 g/mol. The van der Waals surface area contributed by atoms with Gasteiger partial charge in [-0.1, -0.05) is 5.10 Å². The Morgan fingerprint density at radius 3 is 2.36 bits per heavy atom. The topological polar surface area (TPSA) is 114 Å². The van der Waals surface area contributed by atoms with Crippen LogP contribution in [0.1, 0.15) is 0 Å². The van der Waals surface area contributed by atoms with Crippen LogP contribution in [0.2, 0.25) is 0 Å². The van der Waals surface area contributed by atoms with Gasteiger partial charge in [-0.05, 0) is 36.4 Å². The van der Waals surface area contributed by atoms with Crippen molar-refractivity contribution in [1.29, 1.82) is 0 Å². The van der Waals surface area contributed by atoms with E-state index in [0.29, 0.717) is 17.1 Å². The summed E-state index contributed by atoms with van der Waals surface area (Å²) in [5.41, 5.74) is 1.26. The van der Waals surface area contributed by atoms with Gasteiger partial charge in [0.05, 0.1) is 4.92 Å². The van der Waals surface area contributed by atoms with Gasteiger partial charge in [0.2, 0.25) is 5.89 Å². The second kappa shape index (κ2) is 5.52. The number of phenolic OH excluding ortho intramolecular Hbond substituents is 1. The highest BCUT2D eigenvalue weighted by Crippen LogP contribution is 2.24. The molecule has 0 amide bonds. The predicted octanol–water partition coefficient (Wildman–Crippen LogP) is 3.09. The molecular weight excluding hydrogens is 288 g/mol. The molecule has 3 aromatic rings. The minimum atomic E-state index is -0.473. The molecule has 0 bridgehead atoms. The lowest BCUT2D eigenvalue weighted by molar-refractivity contribution is -0.384. The number of nitro benzene ring substituents is 1. The molecule has 2 aromatic carbocycles. The highest BCUT2D eigenvalue weighted by Gasteiger charge is 2.10. The number of benzene rings is 2. The van der Waals surface area contributed by atoms with Crippen molar-refractivity contribution in [3.63, 3.8) is 0 Å². The van der Waals surface area contributed by atoms with Gasteiger partial charge >= 0.3 is 6.01 Å². The number of anilines is 2. The van der Waals surface area contributed by atoms with Crippen LogP contribution in [-0.4, -0.2) is 20.2 Å². The van der Waals surface area contributed by atoms with Gasteiger partial charge in [0, 0.05) is 23.4 Å². The number of phenols is 1. The lowest BCUT2D eigenvalue weighted by Gasteiger charge is -2.00. The lowest BCUT2D eigenvalue weighted by Crippen LogP contribution is -1.91. The standard InChI is InChI=1S/C14H10N4O4/c19-12-7-1-9(2-8-12)13-16-17-14(22-13)15-10-3-5-11(6-4-10)18(20)21/h1-8,19H,(H,15,17). The molecule has 0 atom stereocenters. The fourth-order valence-electron chi connectivity index (χ4n) is 1.78. The zero-order chi connectivity index (χ0) is 15.5. The van der Waals surface area contributed by atoms with Crippen LogP contribution in [0.5, 0.6) is 5.75 Å². The molecular formula is C14H10N4O4. The number of rotatable bonds is 4. The Morgan fingerprint density at radius 1 is 1.05 bits per heavy atom. The molecule has 2 N–H and O–H groups in total. The Kier molecular flexibility index (Phi) is 3.40. The Morgan fingerprint density at radius 2 is 1.73 bits per heavy atom. The van der Waals surface area contributed by atoms with E-state index in [9.17, 15) is 15.2 Å². The largest absolute Gasteiger partial charge is 0.508 e. The summed E-state index contributed by atoms with van der Waals surface area (Å²) in [5.74, 6) is 0.442. The van der Waals surface area contributed by atoms with E-state index in [0.717, 1.165) is 0 Å². The Balaban J connectivity index is 1.76. The summed E-state index contributed by atoms with van der Waals surface area (Å²) in [6.07, 6.45) is 0. The van der Waals surface area contributed by atoms with Gasteiger partial charge in [0.15, 0.2) is 0 Å². The molecule has 0 aliphatic heterocycles. The molecule has 1 heterocycles. The van der Waals surface area contributed by atoms with Crippen molar-refractivity contribution in [2.45, 2.75) is 0 Å². The molecule has 0 spiro atoms. The maximum Gasteiger partial charge on any atom is 0.320 e. The molecule has 0 saturated carbocycles. The van der Waals surface area contributed by atoms with E-state index >= 15 is 0 Å². The summed E-state index contributed by atoms with van der Waals surface area (Å²) >= 11 is 0. The Bertz CT molecular complexity index is 796. The molecule has 0 aliphatic rings. The number of aromatic nitrogens is 2. The highest BCUT2D eigenvalue weighted by atomic mass is 16.6. The van der Waals surface area contributed by atoms with Crippen LogP contribution in [0.4, 0.5) is 17.4 Å². The molecule has 0 aliphatic carbocycles. The van der Waals surface area contributed by atoms with Gasteiger partial charge in [0.25, 0.3) is 5.69 Å². The Labute approximate surface area is 124 Å². The van der Waals surface area contributed by atoms with Crippen molar-refractivity contribution >= 4 is 17.4 Å². The van der Waals surface area contributed by atoms with E-state index in [-0.39, 0.29) is 17.5 Å². The zero-order valence-electron chi connectivity index (χ0n) is 11.1. The summed E-state index contributed by atoms with van der Waals surface area (Å²) in [7, 11) is 0. The monoisotopic (exact) mass is 298 g/mol. The van der Waals surface area contributed by atoms with E-state index in [4.69, 9.17) is 4.42 Å². The van der Waals surface area contributed by atoms with E-state index in [2.05, 4.69) is 15.5 Å². The van der Waals surface area contributed by atoms with Crippen molar-refractivity contribution in [3.8, 4) is 17.2 Å². The fraction of sp³-hybridized carbons (Fsp3) is 0. The maximum absolute atomic E-state index is 10.6. The molecule has 8 heteroatoms. The molecule has 0 fully saturated rings. The van der Waals surface area contributed by atoms with Crippen LogP contribution in [0, 0.1) is 10.1 Å². The second-order valence-corrected chi connectivity index (χ2v) is 4.39. The first-order valence-corrected chi connectivity index (χ1v) is 6.26. The first-order chi connectivity index (χ1) is 10.6. The SMILES string of the molecule is O=[N+]([O-])c1ccc(Nc2nnc(-c3ccc(O)cc3)o2)cc1. The molecule has 3 rings (SSSR count). The number of nitrogens with zero attached hydrogens (tertiary/aromatic N) is 3. The minimum Gasteiger partial charge on any atom is -0.508 e. The second-order valence-electron chi connectivity index (χ2n) is 4.39. The van der Waals surface area contributed by atoms with Crippen molar-refractivity contribution in [2.24, 2.45) is 0 Å². The van der Waals surface area contributed by atoms with Gasteiger partial charge in [-0.3, -0.25) is 10.1 Å². The quantitative estimate of drug-likeness (QED) is 0.561. The summed E-state index contributed by atoms with van der Waals surface area (Å²) in [4.78, 5) is 10.1. The third-order valence-electron chi connectivity index (χ3n) is 2.87.